The first-order valence-electron chi connectivity index (χ1n) is 15.2. The van der Waals surface area contributed by atoms with Gasteiger partial charge in [-0.2, -0.15) is 4.99 Å². The number of carbonyl (C=O) groups excluding carboxylic acids is 2. The minimum atomic E-state index is -0.0411. The molecule has 0 bridgehead atoms. The Morgan fingerprint density at radius 2 is 1.89 bits per heavy atom. The number of ether oxygens (including phenoxy) is 2. The molecule has 11 heteroatoms. The standard InChI is InChI=1S/C34H37N7O4/c1-24(18-25-6-9-29(44-2)10-7-25)37-32(42)20-26-4-3-5-28(19-26)41-22-30(33-35-12-13-40(33)23-41)38-31-11-8-27(21-36-31)34(43)39-14-16-45-17-15-39/h3-13,19,21-22,24H,14-18,20,23H2,1-2H3,(H,36,38)(H,37,42)/p+1. The van der Waals surface area contributed by atoms with E-state index in [1.54, 1.807) is 30.5 Å². The van der Waals surface area contributed by atoms with Crippen LogP contribution in [0.1, 0.15) is 28.4 Å². The van der Waals surface area contributed by atoms with Crippen LogP contribution < -0.4 is 25.2 Å². The summed E-state index contributed by atoms with van der Waals surface area (Å²) >= 11 is 0. The van der Waals surface area contributed by atoms with E-state index in [0.717, 1.165) is 45.4 Å². The minimum Gasteiger partial charge on any atom is -0.497 e. The first-order chi connectivity index (χ1) is 21.9. The highest BCUT2D eigenvalue weighted by atomic mass is 16.5. The van der Waals surface area contributed by atoms with Crippen LogP contribution in [-0.2, 0) is 22.4 Å². The summed E-state index contributed by atoms with van der Waals surface area (Å²) in [6.45, 7) is 4.94. The summed E-state index contributed by atoms with van der Waals surface area (Å²) in [6.07, 6.45) is 8.45. The topological polar surface area (TPSA) is 113 Å². The van der Waals surface area contributed by atoms with E-state index in [-0.39, 0.29) is 24.3 Å². The lowest BCUT2D eigenvalue weighted by Gasteiger charge is -2.30. The number of amidine groups is 1. The normalized spacial score (nSPS) is 18.0. The fraction of sp³-hybridized carbons (Fsp3) is 0.294. The molecule has 0 spiro atoms. The van der Waals surface area contributed by atoms with Crippen LogP contribution in [-0.4, -0.2) is 73.7 Å². The molecule has 3 aromatic rings. The second kappa shape index (κ2) is 13.7. The minimum absolute atomic E-state index is 0.00355. The van der Waals surface area contributed by atoms with Crippen LogP contribution in [0, 0.1) is 0 Å². The quantitative estimate of drug-likeness (QED) is 0.324. The van der Waals surface area contributed by atoms with Gasteiger partial charge in [-0.1, -0.05) is 24.3 Å². The molecule has 232 valence electrons. The predicted molar refractivity (Wildman–Crippen MR) is 172 cm³/mol. The summed E-state index contributed by atoms with van der Waals surface area (Å²) in [7, 11) is 1.65. The molecule has 2 amide bonds. The number of hydrogen-bond donors (Lipinski definition) is 3. The second-order valence-electron chi connectivity index (χ2n) is 11.3. The van der Waals surface area contributed by atoms with E-state index in [4.69, 9.17) is 9.47 Å². The van der Waals surface area contributed by atoms with Gasteiger partial charge in [0.2, 0.25) is 5.91 Å². The number of carbonyl (C=O) groups is 2. The van der Waals surface area contributed by atoms with E-state index in [1.165, 1.54) is 0 Å². The largest absolute Gasteiger partial charge is 0.497 e. The molecule has 45 heavy (non-hydrogen) atoms. The van der Waals surface area contributed by atoms with Gasteiger partial charge in [-0.05, 0) is 60.9 Å². The first kappa shape index (κ1) is 30.0. The van der Waals surface area contributed by atoms with Gasteiger partial charge in [-0.25, -0.2) is 9.88 Å². The Hall–Kier alpha value is -5.00. The van der Waals surface area contributed by atoms with E-state index in [9.17, 15) is 9.59 Å². The molecule has 3 aliphatic rings. The van der Waals surface area contributed by atoms with E-state index in [0.29, 0.717) is 44.4 Å². The third-order valence-electron chi connectivity index (χ3n) is 7.95. The molecule has 2 aromatic carbocycles. The number of quaternary nitrogens is 1. The number of hydrogen-bond acceptors (Lipinski definition) is 8. The third-order valence-corrected chi connectivity index (χ3v) is 7.95. The average molecular weight is 609 g/mol. The van der Waals surface area contributed by atoms with Gasteiger partial charge in [0.15, 0.2) is 6.67 Å². The molecule has 1 aromatic heterocycles. The third kappa shape index (κ3) is 7.39. The van der Waals surface area contributed by atoms with E-state index in [1.807, 2.05) is 73.9 Å². The fourth-order valence-corrected chi connectivity index (χ4v) is 5.64. The molecule has 0 aliphatic carbocycles. The Labute approximate surface area is 262 Å². The molecule has 2 atom stereocenters. The molecule has 1 saturated heterocycles. The number of nitrogens with zero attached hydrogens (tertiary/aromatic N) is 4. The zero-order valence-electron chi connectivity index (χ0n) is 25.5. The van der Waals surface area contributed by atoms with E-state index in [2.05, 4.69) is 25.5 Å². The smallest absolute Gasteiger partial charge is 0.257 e. The van der Waals surface area contributed by atoms with Crippen molar-refractivity contribution in [1.29, 1.82) is 0 Å². The molecule has 2 unspecified atom stereocenters. The van der Waals surface area contributed by atoms with Gasteiger partial charge < -0.3 is 25.0 Å². The van der Waals surface area contributed by atoms with Crippen molar-refractivity contribution in [2.24, 2.45) is 4.99 Å². The van der Waals surface area contributed by atoms with Gasteiger partial charge in [0.1, 0.15) is 23.5 Å². The number of amides is 2. The number of pyridine rings is 1. The van der Waals surface area contributed by atoms with Gasteiger partial charge in [0.05, 0.1) is 38.5 Å². The Morgan fingerprint density at radius 3 is 2.64 bits per heavy atom. The van der Waals surface area contributed by atoms with Crippen LogP contribution in [0.25, 0.3) is 0 Å². The summed E-state index contributed by atoms with van der Waals surface area (Å²) in [5.41, 5.74) is 4.39. The van der Waals surface area contributed by atoms with Crippen molar-refractivity contribution < 1.29 is 24.0 Å². The molecule has 4 heterocycles. The molecule has 6 rings (SSSR count). The SMILES string of the molecule is COc1ccc(CC(C)NC(=O)Cc2cccc(N3C=C(Nc4ccc(C(=O)N5CCOCC5)cn4)C4=NC=C[NH+]4C3)c2)cc1. The monoisotopic (exact) mass is 608 g/mol. The molecule has 0 radical (unpaired) electrons. The molecular formula is C34H38N7O4+. The van der Waals surface area contributed by atoms with Crippen LogP contribution >= 0.6 is 0 Å². The summed E-state index contributed by atoms with van der Waals surface area (Å²) < 4.78 is 10.6. The van der Waals surface area contributed by atoms with Crippen LogP contribution in [0.2, 0.25) is 0 Å². The average Bonchev–Trinajstić information content (AvgIpc) is 3.55. The maximum Gasteiger partial charge on any atom is 0.257 e. The van der Waals surface area contributed by atoms with Crippen LogP contribution in [0.15, 0.2) is 96.1 Å². The Bertz CT molecular complexity index is 1610. The predicted octanol–water partition coefficient (Wildman–Crippen LogP) is 2.35. The van der Waals surface area contributed by atoms with Crippen LogP contribution in [0.3, 0.4) is 0 Å². The second-order valence-corrected chi connectivity index (χ2v) is 11.3. The number of benzene rings is 2. The highest BCUT2D eigenvalue weighted by Gasteiger charge is 2.31. The van der Waals surface area contributed by atoms with Crippen molar-refractivity contribution in [3.8, 4) is 5.75 Å². The van der Waals surface area contributed by atoms with Crippen molar-refractivity contribution in [3.05, 3.63) is 108 Å². The van der Waals surface area contributed by atoms with Crippen molar-refractivity contribution in [1.82, 2.24) is 15.2 Å². The van der Waals surface area contributed by atoms with Crippen LogP contribution in [0.4, 0.5) is 11.5 Å². The highest BCUT2D eigenvalue weighted by molar-refractivity contribution is 5.97. The Kier molecular flexibility index (Phi) is 9.18. The summed E-state index contributed by atoms with van der Waals surface area (Å²) in [5.74, 6) is 2.23. The molecule has 11 nitrogen and oxygen atoms in total. The molecule has 3 aliphatic heterocycles. The van der Waals surface area contributed by atoms with Crippen LogP contribution in [0.5, 0.6) is 5.75 Å². The van der Waals surface area contributed by atoms with Gasteiger partial charge in [0, 0.05) is 37.2 Å². The number of anilines is 2. The Morgan fingerprint density at radius 1 is 1.07 bits per heavy atom. The molecule has 1 fully saturated rings. The van der Waals surface area contributed by atoms with E-state index < -0.39 is 0 Å². The number of morpholine rings is 1. The number of fused-ring (bicyclic) bond motifs is 1. The fourth-order valence-electron chi connectivity index (χ4n) is 5.64. The van der Waals surface area contributed by atoms with Crippen molar-refractivity contribution in [3.63, 3.8) is 0 Å². The number of aromatic nitrogens is 1. The van der Waals surface area contributed by atoms with Gasteiger partial charge in [-0.3, -0.25) is 14.5 Å². The van der Waals surface area contributed by atoms with Crippen molar-refractivity contribution in [2.45, 2.75) is 25.8 Å². The maximum absolute atomic E-state index is 12.9. The molecule has 0 saturated carbocycles. The summed E-state index contributed by atoms with van der Waals surface area (Å²) in [4.78, 5) is 39.9. The highest BCUT2D eigenvalue weighted by Crippen LogP contribution is 2.21. The van der Waals surface area contributed by atoms with Gasteiger partial charge in [0.25, 0.3) is 11.7 Å². The maximum atomic E-state index is 12.9. The summed E-state index contributed by atoms with van der Waals surface area (Å²) in [5, 5.41) is 6.52. The number of aliphatic imine (C=N–C) groups is 1. The zero-order valence-corrected chi connectivity index (χ0v) is 25.5. The number of rotatable bonds is 10. The zero-order chi connectivity index (χ0) is 31.2. The first-order valence-corrected chi connectivity index (χ1v) is 15.2. The van der Waals surface area contributed by atoms with Crippen molar-refractivity contribution >= 4 is 29.2 Å². The number of nitrogens with one attached hydrogen (secondary N) is 3. The summed E-state index contributed by atoms with van der Waals surface area (Å²) in [6, 6.07) is 19.5. The molecular weight excluding hydrogens is 570 g/mol. The number of methoxy groups -OCH3 is 1. The van der Waals surface area contributed by atoms with Gasteiger partial charge in [-0.15, -0.1) is 0 Å². The lowest BCUT2D eigenvalue weighted by molar-refractivity contribution is -0.743. The van der Waals surface area contributed by atoms with Crippen molar-refractivity contribution in [2.75, 3.05) is 50.3 Å². The lowest BCUT2D eigenvalue weighted by atomic mass is 10.1. The van der Waals surface area contributed by atoms with E-state index >= 15 is 0 Å². The Balaban J connectivity index is 1.10. The lowest BCUT2D eigenvalue weighted by Crippen LogP contribution is -3.12. The molecule has 3 N–H and O–H groups in total. The van der Waals surface area contributed by atoms with Gasteiger partial charge >= 0.3 is 0 Å².